The van der Waals surface area contributed by atoms with Crippen molar-refractivity contribution >= 4 is 5.97 Å². The van der Waals surface area contributed by atoms with E-state index in [2.05, 4.69) is 232 Å². The summed E-state index contributed by atoms with van der Waals surface area (Å²) in [5.74, 6) is 0.350. The zero-order chi connectivity index (χ0) is 70.0. The van der Waals surface area contributed by atoms with E-state index in [9.17, 15) is 9.90 Å². The monoisotopic (exact) mass is 1300 g/mol. The standard InChI is InChI=1S/C39H70N2O5.C26H50N2O4.C11H23NO2/c1-34(2,3)30-19-27(20-31(33(30)42)35(4,5)6)17-18-32(45-25-43-28-21-36(7,8)40(15)37(9,10)22-28)46-26-44-29-23-38(11,12)41(16)39(13,14)24-29;1-23(2)15-20(16-24(3,4)27-23)31-19-30-14-12-10-9-11-13-22(29)32-21-17-25(5,6)28-26(7,8)18-21;1-10(2)6-9(14-8-13-5)7-11(3,4)12-10/h19-20,28-29,32,42H,17-18,21-26H2,1-16H3;20-21,27-28H,9-19H2,1-8H3;9,12H,6-8H2,1-5H3. The van der Waals surface area contributed by atoms with Crippen molar-refractivity contribution in [1.82, 2.24) is 25.8 Å². The predicted octanol–water partition coefficient (Wildman–Crippen LogP) is 15.5. The largest absolute Gasteiger partial charge is 0.507 e. The van der Waals surface area contributed by atoms with Crippen molar-refractivity contribution < 1.29 is 52.5 Å². The number of aryl methyl sites for hydroxylation is 1. The first-order valence-electron chi connectivity index (χ1n) is 35.5. The summed E-state index contributed by atoms with van der Waals surface area (Å²) in [5.41, 5.74) is 3.40. The number of nitrogens with zero attached hydrogens (tertiary/aromatic N) is 2. The number of likely N-dealkylation sites (tertiary alicyclic amines) is 2. The first-order valence-corrected chi connectivity index (χ1v) is 35.5. The summed E-state index contributed by atoms with van der Waals surface area (Å²) in [4.78, 5) is 17.2. The van der Waals surface area contributed by atoms with Crippen LogP contribution in [0, 0.1) is 0 Å². The molecule has 16 nitrogen and oxygen atoms in total. The number of unbranched alkanes of at least 4 members (excludes halogenated alkanes) is 3. The number of carbonyl (C=O) groups excluding carboxylic acids is 1. The Kier molecular flexibility index (Phi) is 29.3. The number of aromatic hydroxyl groups is 1. The maximum Gasteiger partial charge on any atom is 0.306 e. The second-order valence-corrected chi connectivity index (χ2v) is 37.0. The molecule has 92 heavy (non-hydrogen) atoms. The van der Waals surface area contributed by atoms with Gasteiger partial charge in [0, 0.05) is 94.8 Å². The van der Waals surface area contributed by atoms with E-state index in [1.165, 1.54) is 5.56 Å². The fraction of sp³-hybridized carbons (Fsp3) is 0.908. The maximum absolute atomic E-state index is 12.3. The second-order valence-electron chi connectivity index (χ2n) is 37.0. The van der Waals surface area contributed by atoms with Gasteiger partial charge in [-0.3, -0.25) is 14.6 Å². The third-order valence-corrected chi connectivity index (χ3v) is 20.1. The van der Waals surface area contributed by atoms with E-state index in [1.54, 1.807) is 7.11 Å². The molecule has 538 valence electrons. The number of ether oxygens (including phenoxy) is 9. The van der Waals surface area contributed by atoms with Crippen LogP contribution in [0.5, 0.6) is 5.75 Å². The van der Waals surface area contributed by atoms with E-state index in [-0.39, 0.29) is 110 Å². The summed E-state index contributed by atoms with van der Waals surface area (Å²) in [6.07, 6.45) is 15.8. The van der Waals surface area contributed by atoms with Crippen LogP contribution in [0.3, 0.4) is 0 Å². The number of benzene rings is 1. The molecule has 16 heteroatoms. The predicted molar refractivity (Wildman–Crippen MR) is 377 cm³/mol. The van der Waals surface area contributed by atoms with Crippen molar-refractivity contribution in [2.75, 3.05) is 55.0 Å². The summed E-state index contributed by atoms with van der Waals surface area (Å²) < 4.78 is 53.5. The number of nitrogens with one attached hydrogen (secondary N) is 3. The second kappa shape index (κ2) is 32.8. The van der Waals surface area contributed by atoms with E-state index in [4.69, 9.17) is 42.6 Å². The Morgan fingerprint density at radius 1 is 0.489 bits per heavy atom. The van der Waals surface area contributed by atoms with Crippen molar-refractivity contribution in [2.45, 2.75) is 392 Å². The molecule has 5 heterocycles. The lowest BCUT2D eigenvalue weighted by molar-refractivity contribution is -0.254. The molecule has 5 aliphatic rings. The Balaban J connectivity index is 0.000000337. The Morgan fingerprint density at radius 2 is 0.815 bits per heavy atom. The molecule has 0 amide bonds. The molecular weight excluding hydrogens is 1160 g/mol. The van der Waals surface area contributed by atoms with Crippen LogP contribution in [0.2, 0.25) is 0 Å². The van der Waals surface area contributed by atoms with E-state index in [1.807, 2.05) is 0 Å². The third kappa shape index (κ3) is 27.7. The lowest BCUT2D eigenvalue weighted by atomic mass is 9.78. The number of hydrogen-bond donors (Lipinski definition) is 4. The Bertz CT molecular complexity index is 2230. The molecule has 0 aliphatic carbocycles. The zero-order valence-electron chi connectivity index (χ0n) is 64.6. The molecule has 0 spiro atoms. The van der Waals surface area contributed by atoms with Gasteiger partial charge < -0.3 is 63.7 Å². The van der Waals surface area contributed by atoms with Crippen LogP contribution in [-0.4, -0.2) is 168 Å². The first-order chi connectivity index (χ1) is 41.8. The topological polar surface area (TPSA) is 163 Å². The number of esters is 1. The SMILES string of the molecule is CC1(C)CC(OCOCCCCCCC(=O)OC2CC(C)(C)NC(C)(C)C2)CC(C)(C)N1.CN1C(C)(C)CC(OCOC(CCc2cc(C(C)(C)C)c(O)c(C(C)(C)C)c2)OCOC2CC(C)(C)N(C)C(C)(C)C2)CC1(C)C.COCOC1CC(C)(C)NC(C)(C)C1. The summed E-state index contributed by atoms with van der Waals surface area (Å²) in [5, 5.41) is 22.2. The number of methoxy groups -OCH3 is 1. The minimum atomic E-state index is -0.482. The van der Waals surface area contributed by atoms with Gasteiger partial charge in [-0.15, -0.1) is 0 Å². The molecule has 1 aromatic carbocycles. The molecule has 1 aromatic rings. The average Bonchev–Trinajstić information content (AvgIpc) is 0.805. The molecule has 0 radical (unpaired) electrons. The number of carbonyl (C=O) groups is 1. The van der Waals surface area contributed by atoms with E-state index < -0.39 is 6.29 Å². The molecular formula is C76H143N5O11. The van der Waals surface area contributed by atoms with Crippen molar-refractivity contribution in [1.29, 1.82) is 0 Å². The molecule has 6 rings (SSSR count). The highest BCUT2D eigenvalue weighted by atomic mass is 16.8. The minimum Gasteiger partial charge on any atom is -0.507 e. The lowest BCUT2D eigenvalue weighted by Gasteiger charge is -2.53. The van der Waals surface area contributed by atoms with Crippen LogP contribution in [-0.2, 0) is 64.7 Å². The molecule has 4 N–H and O–H groups in total. The van der Waals surface area contributed by atoms with Gasteiger partial charge in [-0.2, -0.15) is 0 Å². The van der Waals surface area contributed by atoms with Gasteiger partial charge in [-0.05, 0) is 251 Å². The van der Waals surface area contributed by atoms with Crippen LogP contribution >= 0.6 is 0 Å². The fourth-order valence-corrected chi connectivity index (χ4v) is 16.1. The van der Waals surface area contributed by atoms with Gasteiger partial charge in [0.1, 0.15) is 39.0 Å². The minimum absolute atomic E-state index is 0.00328. The molecule has 5 saturated heterocycles. The van der Waals surface area contributed by atoms with Gasteiger partial charge >= 0.3 is 5.97 Å². The lowest BCUT2D eigenvalue weighted by Crippen LogP contribution is -2.60. The number of rotatable bonds is 25. The third-order valence-electron chi connectivity index (χ3n) is 20.1. The van der Waals surface area contributed by atoms with E-state index in [0.717, 1.165) is 107 Å². The van der Waals surface area contributed by atoms with Crippen LogP contribution in [0.4, 0.5) is 0 Å². The maximum atomic E-state index is 12.3. The van der Waals surface area contributed by atoms with Gasteiger partial charge in [0.15, 0.2) is 6.29 Å². The molecule has 0 aromatic heterocycles. The zero-order valence-corrected chi connectivity index (χ0v) is 64.6. The highest BCUT2D eigenvalue weighted by Crippen LogP contribution is 2.43. The summed E-state index contributed by atoms with van der Waals surface area (Å²) in [7, 11) is 6.09. The van der Waals surface area contributed by atoms with Crippen LogP contribution < -0.4 is 16.0 Å². The first kappa shape index (κ1) is 82.4. The van der Waals surface area contributed by atoms with Gasteiger partial charge in [0.05, 0.1) is 24.4 Å². The van der Waals surface area contributed by atoms with Gasteiger partial charge in [-0.25, -0.2) is 0 Å². The molecule has 5 fully saturated rings. The number of phenols is 1. The number of hydrogen-bond acceptors (Lipinski definition) is 16. The number of phenolic OH excluding ortho intramolecular Hbond substituents is 1. The van der Waals surface area contributed by atoms with Crippen molar-refractivity contribution in [3.63, 3.8) is 0 Å². The van der Waals surface area contributed by atoms with E-state index in [0.29, 0.717) is 44.9 Å². The molecule has 0 unspecified atom stereocenters. The smallest absolute Gasteiger partial charge is 0.306 e. The fourth-order valence-electron chi connectivity index (χ4n) is 16.1. The van der Waals surface area contributed by atoms with Crippen LogP contribution in [0.25, 0.3) is 0 Å². The summed E-state index contributed by atoms with van der Waals surface area (Å²) in [6, 6.07) is 4.31. The Labute approximate surface area is 563 Å². The molecule has 0 atom stereocenters. The summed E-state index contributed by atoms with van der Waals surface area (Å²) >= 11 is 0. The quantitative estimate of drug-likeness (QED) is 0.0415. The summed E-state index contributed by atoms with van der Waals surface area (Å²) in [6.45, 7) is 59.5. The van der Waals surface area contributed by atoms with Crippen molar-refractivity contribution in [3.8, 4) is 5.75 Å². The Hall–Kier alpha value is -2.03. The highest BCUT2D eigenvalue weighted by Gasteiger charge is 2.46. The van der Waals surface area contributed by atoms with Gasteiger partial charge in [-0.1, -0.05) is 66.5 Å². The van der Waals surface area contributed by atoms with Gasteiger partial charge in [0.25, 0.3) is 0 Å². The normalized spacial score (nSPS) is 24.1. The van der Waals surface area contributed by atoms with Gasteiger partial charge in [0.2, 0.25) is 0 Å². The van der Waals surface area contributed by atoms with Crippen molar-refractivity contribution in [3.05, 3.63) is 28.8 Å². The molecule has 0 bridgehead atoms. The highest BCUT2D eigenvalue weighted by molar-refractivity contribution is 5.69. The Morgan fingerprint density at radius 3 is 1.17 bits per heavy atom. The van der Waals surface area contributed by atoms with Crippen LogP contribution in [0.1, 0.15) is 299 Å². The molecule has 0 saturated carbocycles. The average molecular weight is 1300 g/mol. The van der Waals surface area contributed by atoms with Crippen molar-refractivity contribution in [2.24, 2.45) is 0 Å². The van der Waals surface area contributed by atoms with Crippen LogP contribution in [0.15, 0.2) is 12.1 Å². The van der Waals surface area contributed by atoms with E-state index >= 15 is 0 Å². The number of piperidine rings is 5. The molecule has 5 aliphatic heterocycles.